The highest BCUT2D eigenvalue weighted by Gasteiger charge is 2.36. The lowest BCUT2D eigenvalue weighted by molar-refractivity contribution is -0.654. The van der Waals surface area contributed by atoms with Crippen molar-refractivity contribution in [3.8, 4) is 11.5 Å². The van der Waals surface area contributed by atoms with Gasteiger partial charge in [-0.25, -0.2) is 4.98 Å². The maximum absolute atomic E-state index is 6.77. The van der Waals surface area contributed by atoms with Crippen LogP contribution in [0.15, 0.2) is 78.5 Å². The van der Waals surface area contributed by atoms with Gasteiger partial charge in [0.05, 0.1) is 44.1 Å². The molecule has 0 radical (unpaired) electrons. The third-order valence-electron chi connectivity index (χ3n) is 11.0. The number of nitrogen functional groups attached to an aromatic ring is 1. The van der Waals surface area contributed by atoms with Crippen molar-refractivity contribution in [3.63, 3.8) is 0 Å². The molecular formula is C43H53ClN6O2+2. The van der Waals surface area contributed by atoms with Crippen LogP contribution in [0.4, 0.5) is 5.69 Å². The first-order valence-electron chi connectivity index (χ1n) is 19.1. The lowest BCUT2D eigenvalue weighted by Gasteiger charge is -2.34. The monoisotopic (exact) mass is 720 g/mol. The summed E-state index contributed by atoms with van der Waals surface area (Å²) in [6.07, 6.45) is 16.6. The summed E-state index contributed by atoms with van der Waals surface area (Å²) in [7, 11) is 3.41. The number of nitrogens with two attached hydrogens (primary N) is 2. The Labute approximate surface area is 312 Å². The van der Waals surface area contributed by atoms with Crippen molar-refractivity contribution in [2.24, 2.45) is 5.92 Å². The zero-order valence-electron chi connectivity index (χ0n) is 30.7. The smallest absolute Gasteiger partial charge is 0.214 e. The molecule has 2 heterocycles. The number of nitrogens with one attached hydrogen (secondary N) is 1. The average molecular weight is 721 g/mol. The molecule has 0 saturated carbocycles. The van der Waals surface area contributed by atoms with Crippen molar-refractivity contribution < 1.29 is 19.8 Å². The van der Waals surface area contributed by atoms with Gasteiger partial charge >= 0.3 is 0 Å². The largest absolute Gasteiger partial charge is 0.493 e. The van der Waals surface area contributed by atoms with E-state index in [0.29, 0.717) is 11.8 Å². The number of aryl methyl sites for hydroxylation is 2. The molecular weight excluding hydrogens is 668 g/mol. The molecule has 2 aliphatic rings. The summed E-state index contributed by atoms with van der Waals surface area (Å²) in [4.78, 5) is 3.67. The second-order valence-electron chi connectivity index (χ2n) is 14.7. The minimum Gasteiger partial charge on any atom is -0.493 e. The van der Waals surface area contributed by atoms with Crippen molar-refractivity contribution in [1.82, 2.24) is 15.0 Å². The summed E-state index contributed by atoms with van der Waals surface area (Å²) in [6, 6.07) is 20.9. The number of aromatic amines is 1. The number of nitrogens with zero attached hydrogens (tertiary/aromatic N) is 3. The van der Waals surface area contributed by atoms with Crippen LogP contribution in [0, 0.1) is 5.92 Å². The first-order chi connectivity index (χ1) is 25.5. The Morgan fingerprint density at radius 1 is 0.904 bits per heavy atom. The Morgan fingerprint density at radius 3 is 2.54 bits per heavy atom. The molecule has 0 spiro atoms. The standard InChI is InChI=1S/C43H51ClN6O2/c1-51-40-25-32(33(26-41(40)52-2)21-29-10-4-3-5-11-29)16-18-46-17-8-6-13-36-28-50(49-48-36)19-9-7-12-30-20-31-23-34(22-30)42-39(24-31)47-38-27-35(44)14-15-37(38)43(42)45/h3-5,10-11,14-15,20,25-28,31,34,46H,6-9,12-13,16-19,21-24H2,1-2H3,(H2,45,47)/p+2. The number of methoxy groups -OCH3 is 2. The molecule has 2 bridgehead atoms. The van der Waals surface area contributed by atoms with Gasteiger partial charge in [0, 0.05) is 42.2 Å². The summed E-state index contributed by atoms with van der Waals surface area (Å²) in [5.41, 5.74) is 18.0. The fraction of sp³-hybridized carbons (Fsp3) is 0.419. The minimum atomic E-state index is 0.496. The number of aromatic nitrogens is 4. The SMILES string of the molecule is COc1cc(CC[NH2+]CCCCc2cn(CCCCC3=CC4Cc5[nH+]c6cc(Cl)ccc6c(N)c5C(C3)C4)nn2)c(Cc2ccccc2)cc1OC. The molecule has 2 aliphatic carbocycles. The number of fused-ring (bicyclic) bond motifs is 5. The number of ether oxygens (including phenoxy) is 2. The Hall–Kier alpha value is -4.40. The van der Waals surface area contributed by atoms with Gasteiger partial charge in [-0.1, -0.05) is 58.8 Å². The van der Waals surface area contributed by atoms with Crippen molar-refractivity contribution >= 4 is 28.2 Å². The molecule has 2 atom stereocenters. The highest BCUT2D eigenvalue weighted by Crippen LogP contribution is 2.46. The van der Waals surface area contributed by atoms with Gasteiger partial charge in [0.2, 0.25) is 5.52 Å². The number of anilines is 1. The van der Waals surface area contributed by atoms with Crippen LogP contribution in [0.2, 0.25) is 5.02 Å². The lowest BCUT2D eigenvalue weighted by atomic mass is 9.70. The topological polar surface area (TPSA) is 106 Å². The summed E-state index contributed by atoms with van der Waals surface area (Å²) in [5, 5.41) is 13.2. The van der Waals surface area contributed by atoms with Crippen LogP contribution >= 0.6 is 11.6 Å². The summed E-state index contributed by atoms with van der Waals surface area (Å²) >= 11 is 6.27. The van der Waals surface area contributed by atoms with E-state index in [2.05, 4.69) is 81.4 Å². The molecule has 9 heteroatoms. The Morgan fingerprint density at radius 2 is 1.71 bits per heavy atom. The van der Waals surface area contributed by atoms with Crippen molar-refractivity contribution in [1.29, 1.82) is 0 Å². The number of hydrogen-bond acceptors (Lipinski definition) is 5. The van der Waals surface area contributed by atoms with Crippen molar-refractivity contribution in [2.75, 3.05) is 33.0 Å². The molecule has 5 N–H and O–H groups in total. The van der Waals surface area contributed by atoms with Crippen LogP contribution in [0.25, 0.3) is 10.9 Å². The predicted octanol–water partition coefficient (Wildman–Crippen LogP) is 7.06. The van der Waals surface area contributed by atoms with Gasteiger partial charge < -0.3 is 20.5 Å². The summed E-state index contributed by atoms with van der Waals surface area (Å²) < 4.78 is 13.3. The van der Waals surface area contributed by atoms with Crippen LogP contribution in [0.5, 0.6) is 11.5 Å². The molecule has 7 rings (SSSR count). The molecule has 0 fully saturated rings. The van der Waals surface area contributed by atoms with Gasteiger partial charge in [0.15, 0.2) is 17.2 Å². The highest BCUT2D eigenvalue weighted by atomic mass is 35.5. The maximum Gasteiger partial charge on any atom is 0.214 e. The van der Waals surface area contributed by atoms with E-state index < -0.39 is 0 Å². The number of rotatable bonds is 17. The molecule has 2 aromatic heterocycles. The maximum atomic E-state index is 6.77. The number of pyridine rings is 1. The van der Waals surface area contributed by atoms with Crippen molar-refractivity contribution in [2.45, 2.75) is 83.1 Å². The second-order valence-corrected chi connectivity index (χ2v) is 15.1. The van der Waals surface area contributed by atoms with Gasteiger partial charge in [-0.15, -0.1) is 5.10 Å². The fourth-order valence-corrected chi connectivity index (χ4v) is 8.60. The Balaban J connectivity index is 0.809. The van der Waals surface area contributed by atoms with Gasteiger partial charge in [-0.2, -0.15) is 0 Å². The number of unbranched alkanes of at least 4 members (excludes halogenated alkanes) is 2. The fourth-order valence-electron chi connectivity index (χ4n) is 8.43. The molecule has 0 amide bonds. The number of H-pyrrole nitrogens is 1. The number of quaternary nitrogens is 1. The summed E-state index contributed by atoms with van der Waals surface area (Å²) in [5.74, 6) is 2.66. The van der Waals surface area contributed by atoms with Gasteiger partial charge in [0.25, 0.3) is 0 Å². The lowest BCUT2D eigenvalue weighted by Crippen LogP contribution is -2.84. The van der Waals surface area contributed by atoms with Crippen LogP contribution in [-0.2, 0) is 32.2 Å². The molecule has 8 nitrogen and oxygen atoms in total. The third kappa shape index (κ3) is 8.62. The molecule has 5 aromatic rings. The van der Waals surface area contributed by atoms with E-state index >= 15 is 0 Å². The number of benzene rings is 3. The van der Waals surface area contributed by atoms with Gasteiger partial charge in [-0.05, 0) is 111 Å². The van der Waals surface area contributed by atoms with E-state index in [1.807, 2.05) is 16.8 Å². The molecule has 52 heavy (non-hydrogen) atoms. The van der Waals surface area contributed by atoms with Crippen LogP contribution < -0.4 is 25.5 Å². The summed E-state index contributed by atoms with van der Waals surface area (Å²) in [6.45, 7) is 3.07. The van der Waals surface area contributed by atoms with E-state index in [4.69, 9.17) is 26.8 Å². The van der Waals surface area contributed by atoms with E-state index in [0.717, 1.165) is 123 Å². The van der Waals surface area contributed by atoms with Crippen molar-refractivity contribution in [3.05, 3.63) is 117 Å². The van der Waals surface area contributed by atoms with E-state index in [-0.39, 0.29) is 0 Å². The first-order valence-corrected chi connectivity index (χ1v) is 19.5. The average Bonchev–Trinajstić information content (AvgIpc) is 3.60. The quantitative estimate of drug-likeness (QED) is 0.0791. The van der Waals surface area contributed by atoms with E-state index in [1.165, 1.54) is 34.4 Å². The number of allylic oxidation sites excluding steroid dienone is 2. The highest BCUT2D eigenvalue weighted by molar-refractivity contribution is 6.31. The predicted molar refractivity (Wildman–Crippen MR) is 208 cm³/mol. The Bertz CT molecular complexity index is 2010. The van der Waals surface area contributed by atoms with E-state index in [1.54, 1.807) is 19.8 Å². The molecule has 0 saturated heterocycles. The molecule has 2 unspecified atom stereocenters. The number of halogens is 1. The normalized spacial score (nSPS) is 16.5. The zero-order chi connectivity index (χ0) is 35.9. The minimum absolute atomic E-state index is 0.496. The number of hydrogen-bond donors (Lipinski definition) is 2. The van der Waals surface area contributed by atoms with Gasteiger partial charge in [0.1, 0.15) is 0 Å². The van der Waals surface area contributed by atoms with Crippen LogP contribution in [0.1, 0.15) is 84.5 Å². The first kappa shape index (κ1) is 36.0. The van der Waals surface area contributed by atoms with Crippen LogP contribution in [-0.4, -0.2) is 42.3 Å². The zero-order valence-corrected chi connectivity index (χ0v) is 31.4. The molecule has 272 valence electrons. The second kappa shape index (κ2) is 17.0. The molecule has 0 aliphatic heterocycles. The third-order valence-corrected chi connectivity index (χ3v) is 11.2. The van der Waals surface area contributed by atoms with Gasteiger partial charge in [-0.3, -0.25) is 4.68 Å². The van der Waals surface area contributed by atoms with E-state index in [9.17, 15) is 0 Å². The molecule has 3 aromatic carbocycles. The Kier molecular flexibility index (Phi) is 11.7. The van der Waals surface area contributed by atoms with Crippen LogP contribution in [0.3, 0.4) is 0 Å².